The Morgan fingerprint density at radius 3 is 2.25 bits per heavy atom. The first kappa shape index (κ1) is 13.2. The lowest BCUT2D eigenvalue weighted by Gasteiger charge is -2.13. The molecular formula is C9H10Cl2N2O3. The summed E-state index contributed by atoms with van der Waals surface area (Å²) in [5, 5.41) is 20.2. The van der Waals surface area contributed by atoms with Gasteiger partial charge in [0.05, 0.1) is 19.3 Å². The highest BCUT2D eigenvalue weighted by Gasteiger charge is 2.13. The molecule has 1 amide bonds. The smallest absolute Gasteiger partial charge is 0.251 e. The van der Waals surface area contributed by atoms with Crippen molar-refractivity contribution < 1.29 is 15.0 Å². The molecule has 0 atom stereocenters. The molecule has 7 heteroatoms. The molecule has 0 aliphatic carbocycles. The number of rotatable bonds is 4. The highest BCUT2D eigenvalue weighted by Crippen LogP contribution is 2.14. The Hall–Kier alpha value is -0.880. The third-order valence-corrected chi connectivity index (χ3v) is 2.19. The van der Waals surface area contributed by atoms with E-state index in [1.807, 2.05) is 0 Å². The average molecular weight is 265 g/mol. The van der Waals surface area contributed by atoms with Crippen LogP contribution >= 0.6 is 23.2 Å². The third kappa shape index (κ3) is 3.61. The zero-order valence-corrected chi connectivity index (χ0v) is 9.66. The number of aliphatic hydroxyl groups is 2. The maximum Gasteiger partial charge on any atom is 0.251 e. The second-order valence-electron chi connectivity index (χ2n) is 3.04. The first-order valence-electron chi connectivity index (χ1n) is 4.42. The van der Waals surface area contributed by atoms with Gasteiger partial charge in [0.1, 0.15) is 10.3 Å². The van der Waals surface area contributed by atoms with Crippen molar-refractivity contribution in [1.82, 2.24) is 10.3 Å². The SMILES string of the molecule is O=C(NC(CO)CO)c1cc(Cl)nc(Cl)c1. The molecule has 1 aromatic rings. The molecule has 1 rings (SSSR count). The summed E-state index contributed by atoms with van der Waals surface area (Å²) >= 11 is 11.2. The van der Waals surface area contributed by atoms with Gasteiger partial charge < -0.3 is 15.5 Å². The van der Waals surface area contributed by atoms with Crippen molar-refractivity contribution in [3.8, 4) is 0 Å². The van der Waals surface area contributed by atoms with Gasteiger partial charge in [0.2, 0.25) is 0 Å². The van der Waals surface area contributed by atoms with Crippen molar-refractivity contribution in [2.24, 2.45) is 0 Å². The summed E-state index contributed by atoms with van der Waals surface area (Å²) < 4.78 is 0. The predicted molar refractivity (Wildman–Crippen MR) is 59.7 cm³/mol. The predicted octanol–water partition coefficient (Wildman–Crippen LogP) is 0.471. The van der Waals surface area contributed by atoms with Crippen LogP contribution in [0.5, 0.6) is 0 Å². The summed E-state index contributed by atoms with van der Waals surface area (Å²) in [7, 11) is 0. The Morgan fingerprint density at radius 1 is 1.31 bits per heavy atom. The van der Waals surface area contributed by atoms with Crippen molar-refractivity contribution in [3.63, 3.8) is 0 Å². The van der Waals surface area contributed by atoms with Crippen LogP contribution in [0.15, 0.2) is 12.1 Å². The van der Waals surface area contributed by atoms with Crippen molar-refractivity contribution in [2.75, 3.05) is 13.2 Å². The summed E-state index contributed by atoms with van der Waals surface area (Å²) in [5.41, 5.74) is 0.219. The van der Waals surface area contributed by atoms with E-state index in [1.165, 1.54) is 12.1 Å². The van der Waals surface area contributed by atoms with Gasteiger partial charge in [-0.05, 0) is 12.1 Å². The Kier molecular flexibility index (Phi) is 4.95. The van der Waals surface area contributed by atoms with E-state index in [-0.39, 0.29) is 29.1 Å². The van der Waals surface area contributed by atoms with Gasteiger partial charge in [-0.2, -0.15) is 0 Å². The standard InChI is InChI=1S/C9H10Cl2N2O3/c10-7-1-5(2-8(11)13-7)9(16)12-6(3-14)4-15/h1-2,6,14-15H,3-4H2,(H,12,16). The first-order valence-corrected chi connectivity index (χ1v) is 5.18. The number of hydrogen-bond donors (Lipinski definition) is 3. The van der Waals surface area contributed by atoms with Crippen molar-refractivity contribution in [2.45, 2.75) is 6.04 Å². The maximum atomic E-state index is 11.6. The van der Waals surface area contributed by atoms with Crippen LogP contribution < -0.4 is 5.32 Å². The molecule has 3 N–H and O–H groups in total. The number of carbonyl (C=O) groups is 1. The van der Waals surface area contributed by atoms with Gasteiger partial charge in [-0.15, -0.1) is 0 Å². The fourth-order valence-electron chi connectivity index (χ4n) is 1.01. The summed E-state index contributed by atoms with van der Waals surface area (Å²) in [5.74, 6) is -0.487. The monoisotopic (exact) mass is 264 g/mol. The van der Waals surface area contributed by atoms with E-state index in [0.717, 1.165) is 0 Å². The van der Waals surface area contributed by atoms with Crippen LogP contribution in [0, 0.1) is 0 Å². The molecule has 0 bridgehead atoms. The number of aliphatic hydroxyl groups excluding tert-OH is 2. The minimum atomic E-state index is -0.710. The van der Waals surface area contributed by atoms with E-state index < -0.39 is 11.9 Å². The van der Waals surface area contributed by atoms with E-state index in [2.05, 4.69) is 10.3 Å². The molecule has 0 saturated heterocycles. The molecule has 0 radical (unpaired) electrons. The van der Waals surface area contributed by atoms with Crippen LogP contribution in [0.4, 0.5) is 0 Å². The number of nitrogens with one attached hydrogen (secondary N) is 1. The molecule has 5 nitrogen and oxygen atoms in total. The molecule has 0 fully saturated rings. The average Bonchev–Trinajstić information content (AvgIpc) is 2.24. The molecule has 0 saturated carbocycles. The third-order valence-electron chi connectivity index (χ3n) is 1.80. The van der Waals surface area contributed by atoms with Gasteiger partial charge in [-0.1, -0.05) is 23.2 Å². The van der Waals surface area contributed by atoms with E-state index >= 15 is 0 Å². The molecule has 0 spiro atoms. The van der Waals surface area contributed by atoms with Gasteiger partial charge >= 0.3 is 0 Å². The van der Waals surface area contributed by atoms with E-state index in [4.69, 9.17) is 33.4 Å². The maximum absolute atomic E-state index is 11.6. The highest BCUT2D eigenvalue weighted by molar-refractivity contribution is 6.33. The lowest BCUT2D eigenvalue weighted by Crippen LogP contribution is -2.40. The fraction of sp³-hybridized carbons (Fsp3) is 0.333. The fourth-order valence-corrected chi connectivity index (χ4v) is 1.47. The quantitative estimate of drug-likeness (QED) is 0.691. The molecule has 0 unspecified atom stereocenters. The van der Waals surface area contributed by atoms with Crippen LogP contribution in [0.2, 0.25) is 10.3 Å². The van der Waals surface area contributed by atoms with E-state index in [1.54, 1.807) is 0 Å². The van der Waals surface area contributed by atoms with Gasteiger partial charge in [0, 0.05) is 5.56 Å². The van der Waals surface area contributed by atoms with E-state index in [9.17, 15) is 4.79 Å². The Balaban J connectivity index is 2.80. The molecule has 1 aromatic heterocycles. The molecule has 0 aromatic carbocycles. The van der Waals surface area contributed by atoms with Gasteiger partial charge in [0.15, 0.2) is 0 Å². The Bertz CT molecular complexity index is 363. The van der Waals surface area contributed by atoms with Crippen LogP contribution in [0.25, 0.3) is 0 Å². The number of carbonyl (C=O) groups excluding carboxylic acids is 1. The number of amides is 1. The molecular weight excluding hydrogens is 255 g/mol. The number of aromatic nitrogens is 1. The van der Waals surface area contributed by atoms with Crippen molar-refractivity contribution in [1.29, 1.82) is 0 Å². The summed E-state index contributed by atoms with van der Waals surface area (Å²) in [6.45, 7) is -0.705. The number of nitrogens with zero attached hydrogens (tertiary/aromatic N) is 1. The molecule has 16 heavy (non-hydrogen) atoms. The normalized spacial score (nSPS) is 10.6. The number of halogens is 2. The minimum Gasteiger partial charge on any atom is -0.394 e. The zero-order valence-electron chi connectivity index (χ0n) is 8.15. The molecule has 0 aliphatic heterocycles. The summed E-state index contributed by atoms with van der Waals surface area (Å²) in [4.78, 5) is 15.3. The minimum absolute atomic E-state index is 0.0993. The van der Waals surface area contributed by atoms with Crippen LogP contribution in [-0.4, -0.2) is 40.4 Å². The number of hydrogen-bond acceptors (Lipinski definition) is 4. The lowest BCUT2D eigenvalue weighted by atomic mass is 10.2. The second kappa shape index (κ2) is 6.00. The highest BCUT2D eigenvalue weighted by atomic mass is 35.5. The first-order chi connectivity index (χ1) is 7.56. The molecule has 1 heterocycles. The van der Waals surface area contributed by atoms with Gasteiger partial charge in [-0.25, -0.2) is 4.98 Å². The lowest BCUT2D eigenvalue weighted by molar-refractivity contribution is 0.0879. The summed E-state index contributed by atoms with van der Waals surface area (Å²) in [6, 6.07) is 1.97. The van der Waals surface area contributed by atoms with Crippen molar-refractivity contribution >= 4 is 29.1 Å². The van der Waals surface area contributed by atoms with Crippen LogP contribution in [0.1, 0.15) is 10.4 Å². The Morgan fingerprint density at radius 2 is 1.81 bits per heavy atom. The van der Waals surface area contributed by atoms with Crippen molar-refractivity contribution in [3.05, 3.63) is 28.0 Å². The Labute approximate surface area is 102 Å². The van der Waals surface area contributed by atoms with Gasteiger partial charge in [-0.3, -0.25) is 4.79 Å². The zero-order chi connectivity index (χ0) is 12.1. The van der Waals surface area contributed by atoms with Crippen LogP contribution in [0.3, 0.4) is 0 Å². The number of pyridine rings is 1. The molecule has 88 valence electrons. The molecule has 0 aliphatic rings. The summed E-state index contributed by atoms with van der Waals surface area (Å²) in [6.07, 6.45) is 0. The second-order valence-corrected chi connectivity index (χ2v) is 3.81. The van der Waals surface area contributed by atoms with E-state index in [0.29, 0.717) is 0 Å². The topological polar surface area (TPSA) is 82.5 Å². The van der Waals surface area contributed by atoms with Crippen LogP contribution in [-0.2, 0) is 0 Å². The largest absolute Gasteiger partial charge is 0.394 e. The van der Waals surface area contributed by atoms with Gasteiger partial charge in [0.25, 0.3) is 5.91 Å².